The number of hydrogen-bond acceptors (Lipinski definition) is 4. The van der Waals surface area contributed by atoms with Gasteiger partial charge in [-0.1, -0.05) is 0 Å². The van der Waals surface area contributed by atoms with E-state index in [1.807, 2.05) is 20.8 Å². The summed E-state index contributed by atoms with van der Waals surface area (Å²) in [6.45, 7) is 9.09. The number of hydrogen-bond donors (Lipinski definition) is 1. The Bertz CT molecular complexity index is 205. The quantitative estimate of drug-likeness (QED) is 0.739. The average Bonchev–Trinajstić information content (AvgIpc) is 2.83. The first-order valence-corrected chi connectivity index (χ1v) is 5.95. The van der Waals surface area contributed by atoms with Gasteiger partial charge < -0.3 is 14.8 Å². The van der Waals surface area contributed by atoms with E-state index in [0.29, 0.717) is 12.6 Å². The lowest BCUT2D eigenvalue weighted by Gasteiger charge is -2.26. The molecule has 4 nitrogen and oxygen atoms in total. The van der Waals surface area contributed by atoms with Crippen LogP contribution in [0.4, 0.5) is 0 Å². The summed E-state index contributed by atoms with van der Waals surface area (Å²) in [5.74, 6) is 0.922. The minimum absolute atomic E-state index is 0.318. The monoisotopic (exact) mass is 229 g/mol. The second-order valence-electron chi connectivity index (χ2n) is 5.38. The Morgan fingerprint density at radius 1 is 1.31 bits per heavy atom. The van der Waals surface area contributed by atoms with Crippen molar-refractivity contribution < 1.29 is 14.3 Å². The molecule has 2 fully saturated rings. The molecule has 1 saturated carbocycles. The Balaban J connectivity index is 0.000000168. The summed E-state index contributed by atoms with van der Waals surface area (Å²) in [6.07, 6.45) is 3.35. The zero-order valence-corrected chi connectivity index (χ0v) is 10.5. The van der Waals surface area contributed by atoms with Crippen LogP contribution in [0.5, 0.6) is 0 Å². The molecule has 2 aliphatic rings. The van der Waals surface area contributed by atoms with E-state index in [9.17, 15) is 4.79 Å². The van der Waals surface area contributed by atoms with E-state index in [-0.39, 0.29) is 5.60 Å². The van der Waals surface area contributed by atoms with Gasteiger partial charge >= 0.3 is 0 Å². The molecule has 1 aliphatic carbocycles. The molecular formula is C12H23NO3. The van der Waals surface area contributed by atoms with Gasteiger partial charge in [0, 0.05) is 19.7 Å². The van der Waals surface area contributed by atoms with Gasteiger partial charge in [-0.25, -0.2) is 0 Å². The van der Waals surface area contributed by atoms with Crippen molar-refractivity contribution >= 4 is 6.47 Å². The predicted molar refractivity (Wildman–Crippen MR) is 62.2 cm³/mol. The van der Waals surface area contributed by atoms with Crippen molar-refractivity contribution in [3.63, 3.8) is 0 Å². The zero-order chi connectivity index (χ0) is 12.0. The van der Waals surface area contributed by atoms with Gasteiger partial charge in [-0.15, -0.1) is 0 Å². The van der Waals surface area contributed by atoms with Crippen LogP contribution in [-0.2, 0) is 14.3 Å². The summed E-state index contributed by atoms with van der Waals surface area (Å²) in [5, 5.41) is 3.18. The zero-order valence-electron chi connectivity index (χ0n) is 10.5. The van der Waals surface area contributed by atoms with E-state index in [2.05, 4.69) is 10.1 Å². The highest BCUT2D eigenvalue weighted by molar-refractivity contribution is 5.37. The van der Waals surface area contributed by atoms with Gasteiger partial charge in [-0.05, 0) is 39.5 Å². The maximum atomic E-state index is 9.60. The fourth-order valence-electron chi connectivity index (χ4n) is 1.08. The second kappa shape index (κ2) is 6.21. The van der Waals surface area contributed by atoms with Gasteiger partial charge in [-0.3, -0.25) is 4.79 Å². The normalized spacial score (nSPS) is 20.4. The lowest BCUT2D eigenvalue weighted by atomic mass is 10.2. The smallest absolute Gasteiger partial charge is 0.293 e. The van der Waals surface area contributed by atoms with Crippen LogP contribution in [-0.4, -0.2) is 37.9 Å². The highest BCUT2D eigenvalue weighted by Gasteiger charge is 2.24. The van der Waals surface area contributed by atoms with Crippen LogP contribution >= 0.6 is 0 Å². The van der Waals surface area contributed by atoms with Gasteiger partial charge in [0.05, 0.1) is 6.10 Å². The molecule has 0 aromatic heterocycles. The molecule has 1 heterocycles. The lowest BCUT2D eigenvalue weighted by Crippen LogP contribution is -2.48. The van der Waals surface area contributed by atoms with E-state index in [4.69, 9.17) is 4.74 Å². The number of nitrogens with one attached hydrogen (secondary N) is 1. The van der Waals surface area contributed by atoms with E-state index in [0.717, 1.165) is 25.6 Å². The molecule has 0 atom stereocenters. The van der Waals surface area contributed by atoms with Crippen molar-refractivity contribution in [2.24, 2.45) is 5.92 Å². The van der Waals surface area contributed by atoms with Crippen molar-refractivity contribution in [2.75, 3.05) is 19.7 Å². The van der Waals surface area contributed by atoms with Crippen LogP contribution < -0.4 is 5.32 Å². The van der Waals surface area contributed by atoms with Crippen molar-refractivity contribution in [3.05, 3.63) is 0 Å². The number of ether oxygens (including phenoxy) is 2. The van der Waals surface area contributed by atoms with Gasteiger partial charge in [-0.2, -0.15) is 0 Å². The van der Waals surface area contributed by atoms with Crippen molar-refractivity contribution in [3.8, 4) is 0 Å². The Hall–Kier alpha value is -0.610. The largest absolute Gasteiger partial charge is 0.462 e. The van der Waals surface area contributed by atoms with Gasteiger partial charge in [0.1, 0.15) is 5.60 Å². The van der Waals surface area contributed by atoms with Crippen molar-refractivity contribution in [2.45, 2.75) is 45.3 Å². The first kappa shape index (κ1) is 13.5. The Kier molecular flexibility index (Phi) is 5.22. The summed E-state index contributed by atoms with van der Waals surface area (Å²) in [5.41, 5.74) is -0.318. The predicted octanol–water partition coefficient (Wildman–Crippen LogP) is 1.34. The van der Waals surface area contributed by atoms with E-state index in [1.54, 1.807) is 0 Å². The molecule has 4 heteroatoms. The minimum Gasteiger partial charge on any atom is -0.462 e. The lowest BCUT2D eigenvalue weighted by molar-refractivity contribution is -0.138. The Labute approximate surface area is 97.7 Å². The molecule has 1 saturated heterocycles. The summed E-state index contributed by atoms with van der Waals surface area (Å²) < 4.78 is 10.1. The molecule has 0 bridgehead atoms. The maximum Gasteiger partial charge on any atom is 0.293 e. The molecule has 0 aromatic rings. The highest BCUT2D eigenvalue weighted by atomic mass is 16.5. The fourth-order valence-corrected chi connectivity index (χ4v) is 1.08. The van der Waals surface area contributed by atoms with Crippen LogP contribution in [0.15, 0.2) is 0 Å². The standard InChI is InChI=1S/C7H13NO.C5H10O2/c1-2-6(1)5-9-7-3-8-4-7;1-5(2,3)7-4-6/h6-8H,1-5H2;4H,1-3H3. The minimum atomic E-state index is -0.318. The van der Waals surface area contributed by atoms with Crippen LogP contribution in [0.2, 0.25) is 0 Å². The van der Waals surface area contributed by atoms with Gasteiger partial charge in [0.25, 0.3) is 6.47 Å². The third kappa shape index (κ3) is 6.80. The molecule has 1 N–H and O–H groups in total. The highest BCUT2D eigenvalue weighted by Crippen LogP contribution is 2.29. The second-order valence-corrected chi connectivity index (χ2v) is 5.38. The molecule has 2 rings (SSSR count). The molecule has 0 radical (unpaired) electrons. The molecule has 94 valence electrons. The number of carbonyl (C=O) groups excluding carboxylic acids is 1. The molecule has 1 aliphatic heterocycles. The number of carbonyl (C=O) groups is 1. The van der Waals surface area contributed by atoms with E-state index < -0.39 is 0 Å². The summed E-state index contributed by atoms with van der Waals surface area (Å²) in [6, 6.07) is 0. The van der Waals surface area contributed by atoms with Gasteiger partial charge in [0.2, 0.25) is 0 Å². The molecule has 16 heavy (non-hydrogen) atoms. The van der Waals surface area contributed by atoms with Gasteiger partial charge in [0.15, 0.2) is 0 Å². The van der Waals surface area contributed by atoms with E-state index >= 15 is 0 Å². The molecule has 0 aromatic carbocycles. The fraction of sp³-hybridized carbons (Fsp3) is 0.917. The third-order valence-corrected chi connectivity index (χ3v) is 2.41. The van der Waals surface area contributed by atoms with Crippen molar-refractivity contribution in [1.82, 2.24) is 5.32 Å². The summed E-state index contributed by atoms with van der Waals surface area (Å²) in [7, 11) is 0. The first-order valence-electron chi connectivity index (χ1n) is 5.95. The molecule has 0 spiro atoms. The SMILES string of the molecule is C1CC1COC1CNC1.CC(C)(C)OC=O. The summed E-state index contributed by atoms with van der Waals surface area (Å²) in [4.78, 5) is 9.60. The van der Waals surface area contributed by atoms with Crippen LogP contribution in [0.1, 0.15) is 33.6 Å². The maximum absolute atomic E-state index is 9.60. The summed E-state index contributed by atoms with van der Waals surface area (Å²) >= 11 is 0. The molecule has 0 amide bonds. The van der Waals surface area contributed by atoms with E-state index in [1.165, 1.54) is 12.8 Å². The Morgan fingerprint density at radius 3 is 2.19 bits per heavy atom. The Morgan fingerprint density at radius 2 is 1.94 bits per heavy atom. The van der Waals surface area contributed by atoms with Crippen molar-refractivity contribution in [1.29, 1.82) is 0 Å². The van der Waals surface area contributed by atoms with Crippen LogP contribution in [0, 0.1) is 5.92 Å². The first-order chi connectivity index (χ1) is 7.51. The molecule has 0 unspecified atom stereocenters. The average molecular weight is 229 g/mol. The number of rotatable bonds is 4. The third-order valence-electron chi connectivity index (χ3n) is 2.41. The van der Waals surface area contributed by atoms with Crippen LogP contribution in [0.25, 0.3) is 0 Å². The van der Waals surface area contributed by atoms with Crippen LogP contribution in [0.3, 0.4) is 0 Å². The molecular weight excluding hydrogens is 206 g/mol. The topological polar surface area (TPSA) is 47.6 Å².